The number of benzene rings is 2. The monoisotopic (exact) mass is 640 g/mol. The summed E-state index contributed by atoms with van der Waals surface area (Å²) in [6, 6.07) is 14.7. The zero-order chi connectivity index (χ0) is 31.3. The summed E-state index contributed by atoms with van der Waals surface area (Å²) in [7, 11) is 0. The maximum Gasteiger partial charge on any atom is 0.419 e. The van der Waals surface area contributed by atoms with E-state index in [2.05, 4.69) is 20.6 Å². The molecular formula is C32H38Cl2N6O4. The molecule has 2 aromatic heterocycles. The van der Waals surface area contributed by atoms with Gasteiger partial charge in [-0.15, -0.1) is 0 Å². The second-order valence-electron chi connectivity index (χ2n) is 10.3. The van der Waals surface area contributed by atoms with Crippen molar-refractivity contribution in [1.29, 1.82) is 0 Å². The Morgan fingerprint density at radius 3 is 1.41 bits per heavy atom. The van der Waals surface area contributed by atoms with Gasteiger partial charge in [-0.25, -0.2) is 19.6 Å². The first-order valence-electron chi connectivity index (χ1n) is 14.7. The van der Waals surface area contributed by atoms with Gasteiger partial charge in [0.15, 0.2) is 12.5 Å². The Morgan fingerprint density at radius 1 is 0.705 bits per heavy atom. The zero-order valence-electron chi connectivity index (χ0n) is 24.8. The van der Waals surface area contributed by atoms with E-state index in [1.807, 2.05) is 83.9 Å². The number of carbonyl (C=O) groups excluding carboxylic acids is 2. The smallest absolute Gasteiger partial charge is 0.419 e. The molecule has 4 unspecified atom stereocenters. The molecular weight excluding hydrogens is 603 g/mol. The van der Waals surface area contributed by atoms with Gasteiger partial charge in [0, 0.05) is 72.8 Å². The van der Waals surface area contributed by atoms with Crippen LogP contribution in [0.4, 0.5) is 0 Å². The van der Waals surface area contributed by atoms with E-state index in [1.54, 1.807) is 25.0 Å². The number of hydrogen-bond acceptors (Lipinski definition) is 8. The Labute approximate surface area is 267 Å². The summed E-state index contributed by atoms with van der Waals surface area (Å²) < 4.78 is 15.2. The predicted octanol–water partition coefficient (Wildman–Crippen LogP) is 6.09. The average Bonchev–Trinajstić information content (AvgIpc) is 3.75. The molecule has 0 radical (unpaired) electrons. The van der Waals surface area contributed by atoms with E-state index in [0.29, 0.717) is 48.8 Å². The molecule has 0 bridgehead atoms. The summed E-state index contributed by atoms with van der Waals surface area (Å²) in [6.45, 7) is 5.09. The predicted molar refractivity (Wildman–Crippen MR) is 169 cm³/mol. The lowest BCUT2D eigenvalue weighted by atomic mass is 10.0. The number of esters is 2. The van der Waals surface area contributed by atoms with Crippen LogP contribution in [0.2, 0.25) is 10.0 Å². The van der Waals surface area contributed by atoms with Gasteiger partial charge < -0.3 is 18.6 Å². The summed E-state index contributed by atoms with van der Waals surface area (Å²) in [5, 5.41) is 8.04. The number of ether oxygens (including phenoxy) is 2. The average molecular weight is 642 g/mol. The van der Waals surface area contributed by atoms with E-state index in [-0.39, 0.29) is 12.1 Å². The van der Waals surface area contributed by atoms with Crippen molar-refractivity contribution in [2.24, 2.45) is 0 Å². The Bertz CT molecular complexity index is 1310. The van der Waals surface area contributed by atoms with E-state index < -0.39 is 24.4 Å². The van der Waals surface area contributed by atoms with Crippen molar-refractivity contribution in [2.75, 3.05) is 0 Å². The molecule has 44 heavy (non-hydrogen) atoms. The second kappa shape index (κ2) is 17.0. The third-order valence-corrected chi connectivity index (χ3v) is 7.72. The molecule has 0 amide bonds. The van der Waals surface area contributed by atoms with Crippen LogP contribution in [0.1, 0.15) is 62.7 Å². The largest absolute Gasteiger partial charge is 0.438 e. The van der Waals surface area contributed by atoms with Crippen LogP contribution in [0.25, 0.3) is 0 Å². The number of carbonyl (C=O) groups is 2. The van der Waals surface area contributed by atoms with Crippen LogP contribution in [-0.2, 0) is 32.2 Å². The minimum atomic E-state index is -1.08. The molecule has 2 aromatic carbocycles. The number of rotatable bonds is 16. The van der Waals surface area contributed by atoms with Crippen LogP contribution < -0.4 is 10.6 Å². The summed E-state index contributed by atoms with van der Waals surface area (Å²) >= 11 is 12.2. The molecule has 0 spiro atoms. The van der Waals surface area contributed by atoms with Crippen molar-refractivity contribution in [1.82, 2.24) is 29.7 Å². The minimum absolute atomic E-state index is 0.141. The van der Waals surface area contributed by atoms with Crippen molar-refractivity contribution < 1.29 is 19.1 Å². The summed E-state index contributed by atoms with van der Waals surface area (Å²) in [5.74, 6) is -2.15. The van der Waals surface area contributed by atoms with Gasteiger partial charge in [-0.1, -0.05) is 61.3 Å². The van der Waals surface area contributed by atoms with Gasteiger partial charge in [0.1, 0.15) is 0 Å². The van der Waals surface area contributed by atoms with Crippen molar-refractivity contribution in [2.45, 2.75) is 77.2 Å². The highest BCUT2D eigenvalue weighted by Gasteiger charge is 2.28. The lowest BCUT2D eigenvalue weighted by Gasteiger charge is -2.27. The number of aromatic nitrogens is 4. The van der Waals surface area contributed by atoms with Gasteiger partial charge in [-0.3, -0.25) is 10.6 Å². The fourth-order valence-electron chi connectivity index (χ4n) is 4.82. The standard InChI is InChI=1S/C32H38Cl2N6O4/c1-3-27(23-5-9-25(33)10-6-23)37-29(13-17-39-19-15-35-21-39)43-31(41)32(42)44-30(14-18-40-20-16-36-22-40)38-28(4-2)24-7-11-26(34)12-8-24/h5-12,15-16,19-22,27-30,37-38H,3-4,13-14,17-18H2,1-2H3. The van der Waals surface area contributed by atoms with Crippen LogP contribution >= 0.6 is 23.2 Å². The highest BCUT2D eigenvalue weighted by molar-refractivity contribution is 6.31. The van der Waals surface area contributed by atoms with Crippen molar-refractivity contribution in [3.05, 3.63) is 107 Å². The zero-order valence-corrected chi connectivity index (χ0v) is 26.3. The highest BCUT2D eigenvalue weighted by atomic mass is 35.5. The molecule has 0 aliphatic heterocycles. The van der Waals surface area contributed by atoms with Gasteiger partial charge in [0.25, 0.3) is 0 Å². The minimum Gasteiger partial charge on any atom is -0.438 e. The number of halogens is 2. The number of hydrogen-bond donors (Lipinski definition) is 2. The third kappa shape index (κ3) is 10.2. The number of nitrogens with one attached hydrogen (secondary N) is 2. The van der Waals surface area contributed by atoms with Crippen molar-refractivity contribution >= 4 is 35.1 Å². The molecule has 0 fully saturated rings. The number of imidazole rings is 2. The topological polar surface area (TPSA) is 112 Å². The fourth-order valence-corrected chi connectivity index (χ4v) is 5.07. The molecule has 4 aromatic rings. The van der Waals surface area contributed by atoms with Crippen LogP contribution in [0.3, 0.4) is 0 Å². The van der Waals surface area contributed by atoms with Crippen molar-refractivity contribution in [3.63, 3.8) is 0 Å². The Kier molecular flexibility index (Phi) is 12.8. The van der Waals surface area contributed by atoms with Crippen LogP contribution in [0, 0.1) is 0 Å². The molecule has 2 heterocycles. The first-order valence-corrected chi connectivity index (χ1v) is 15.5. The van der Waals surface area contributed by atoms with Crippen LogP contribution in [0.15, 0.2) is 86.0 Å². The summed E-state index contributed by atoms with van der Waals surface area (Å²) in [4.78, 5) is 34.5. The Morgan fingerprint density at radius 2 is 1.09 bits per heavy atom. The maximum absolute atomic E-state index is 13.2. The van der Waals surface area contributed by atoms with E-state index in [0.717, 1.165) is 11.1 Å². The molecule has 4 rings (SSSR count). The molecule has 12 heteroatoms. The summed E-state index contributed by atoms with van der Waals surface area (Å²) in [5.41, 5.74) is 1.97. The molecule has 4 atom stereocenters. The van der Waals surface area contributed by atoms with Gasteiger partial charge in [-0.05, 0) is 48.2 Å². The molecule has 10 nitrogen and oxygen atoms in total. The highest BCUT2D eigenvalue weighted by Crippen LogP contribution is 2.22. The molecule has 0 saturated carbocycles. The van der Waals surface area contributed by atoms with Gasteiger partial charge >= 0.3 is 11.9 Å². The molecule has 2 N–H and O–H groups in total. The lowest BCUT2D eigenvalue weighted by Crippen LogP contribution is -2.42. The molecule has 0 saturated heterocycles. The van der Waals surface area contributed by atoms with Gasteiger partial charge in [0.2, 0.25) is 0 Å². The second-order valence-corrected chi connectivity index (χ2v) is 11.2. The molecule has 234 valence electrons. The van der Waals surface area contributed by atoms with Crippen molar-refractivity contribution in [3.8, 4) is 0 Å². The first kappa shape index (κ1) is 33.2. The quantitative estimate of drug-likeness (QED) is 0.0860. The van der Waals surface area contributed by atoms with E-state index >= 15 is 0 Å². The molecule has 0 aliphatic carbocycles. The normalized spacial score (nSPS) is 14.0. The van der Waals surface area contributed by atoms with Gasteiger partial charge in [-0.2, -0.15) is 0 Å². The Hall–Kier alpha value is -3.70. The molecule has 0 aliphatic rings. The Balaban J connectivity index is 1.45. The fraction of sp³-hybridized carbons (Fsp3) is 0.375. The first-order chi connectivity index (χ1) is 21.3. The summed E-state index contributed by atoms with van der Waals surface area (Å²) in [6.07, 6.45) is 11.1. The van der Waals surface area contributed by atoms with Gasteiger partial charge in [0.05, 0.1) is 12.7 Å². The lowest BCUT2D eigenvalue weighted by molar-refractivity contribution is -0.177. The van der Waals surface area contributed by atoms with Crippen LogP contribution in [-0.4, -0.2) is 43.5 Å². The van der Waals surface area contributed by atoms with Crippen LogP contribution in [0.5, 0.6) is 0 Å². The van der Waals surface area contributed by atoms with E-state index in [1.165, 1.54) is 0 Å². The SMILES string of the molecule is CCC(NC(CCn1ccnc1)OC(=O)C(=O)OC(CCn1ccnc1)NC(CC)c1ccc(Cl)cc1)c1ccc(Cl)cc1. The van der Waals surface area contributed by atoms with E-state index in [9.17, 15) is 9.59 Å². The number of aryl methyl sites for hydroxylation is 2. The maximum atomic E-state index is 13.2. The number of nitrogens with zero attached hydrogens (tertiary/aromatic N) is 4. The third-order valence-electron chi connectivity index (χ3n) is 7.22. The van der Waals surface area contributed by atoms with E-state index in [4.69, 9.17) is 32.7 Å².